The van der Waals surface area contributed by atoms with Crippen molar-refractivity contribution in [1.29, 1.82) is 0 Å². The molecule has 5 nitrogen and oxygen atoms in total. The minimum atomic E-state index is -3.84. The van der Waals surface area contributed by atoms with E-state index in [1.807, 2.05) is 24.5 Å². The van der Waals surface area contributed by atoms with Crippen molar-refractivity contribution in [2.45, 2.75) is 29.7 Å². The van der Waals surface area contributed by atoms with E-state index < -0.39 is 22.0 Å². The van der Waals surface area contributed by atoms with Crippen LogP contribution in [0.3, 0.4) is 0 Å². The fraction of sp³-hybridized carbons (Fsp3) is 0.278. The number of anilines is 1. The molecular formula is C18H21ClN2O3S2. The molecule has 2 rings (SSSR count). The van der Waals surface area contributed by atoms with Crippen molar-refractivity contribution in [1.82, 2.24) is 4.72 Å². The van der Waals surface area contributed by atoms with Gasteiger partial charge in [-0.3, -0.25) is 4.79 Å². The highest BCUT2D eigenvalue weighted by Crippen LogP contribution is 2.20. The van der Waals surface area contributed by atoms with Gasteiger partial charge in [0.25, 0.3) is 0 Å². The highest BCUT2D eigenvalue weighted by atomic mass is 35.5. The van der Waals surface area contributed by atoms with Crippen molar-refractivity contribution in [2.75, 3.05) is 11.6 Å². The van der Waals surface area contributed by atoms with E-state index >= 15 is 0 Å². The first-order chi connectivity index (χ1) is 12.2. The number of halogens is 1. The highest BCUT2D eigenvalue weighted by molar-refractivity contribution is 7.98. The zero-order valence-corrected chi connectivity index (χ0v) is 17.1. The second kappa shape index (κ2) is 8.90. The number of amides is 1. The molecule has 26 heavy (non-hydrogen) atoms. The molecule has 1 amide bonds. The van der Waals surface area contributed by atoms with Crippen LogP contribution in [0.15, 0.2) is 58.3 Å². The van der Waals surface area contributed by atoms with Crippen molar-refractivity contribution in [2.24, 2.45) is 5.92 Å². The molecule has 0 aliphatic rings. The standard InChI is InChI=1S/C18H21ClN2O3S2/c1-12(2)17(18(22)20-14-5-4-6-15(11-14)25-3)21-26(23,24)16-9-7-13(19)8-10-16/h4-12,17,21H,1-3H3,(H,20,22)/t17-/m0/s1. The van der Waals surface area contributed by atoms with Crippen LogP contribution in [0.4, 0.5) is 5.69 Å². The van der Waals surface area contributed by atoms with Crippen LogP contribution in [0.25, 0.3) is 0 Å². The number of hydrogen-bond acceptors (Lipinski definition) is 4. The SMILES string of the molecule is CSc1cccc(NC(=O)[C@@H](NS(=O)(=O)c2ccc(Cl)cc2)C(C)C)c1. The lowest BCUT2D eigenvalue weighted by atomic mass is 10.0. The van der Waals surface area contributed by atoms with Crippen LogP contribution >= 0.6 is 23.4 Å². The Morgan fingerprint density at radius 2 is 1.77 bits per heavy atom. The molecule has 0 saturated heterocycles. The molecule has 0 aliphatic heterocycles. The fourth-order valence-corrected chi connectivity index (χ4v) is 4.19. The summed E-state index contributed by atoms with van der Waals surface area (Å²) in [6.45, 7) is 3.57. The van der Waals surface area contributed by atoms with Gasteiger partial charge in [-0.15, -0.1) is 11.8 Å². The maximum atomic E-state index is 12.7. The van der Waals surface area contributed by atoms with E-state index in [2.05, 4.69) is 10.0 Å². The van der Waals surface area contributed by atoms with Crippen LogP contribution in [-0.4, -0.2) is 26.6 Å². The lowest BCUT2D eigenvalue weighted by molar-refractivity contribution is -0.118. The minimum absolute atomic E-state index is 0.0599. The average Bonchev–Trinajstić information content (AvgIpc) is 2.60. The first-order valence-corrected chi connectivity index (χ1v) is 11.0. The number of benzene rings is 2. The predicted molar refractivity (Wildman–Crippen MR) is 107 cm³/mol. The van der Waals surface area contributed by atoms with E-state index in [0.29, 0.717) is 10.7 Å². The topological polar surface area (TPSA) is 75.3 Å². The molecule has 0 unspecified atom stereocenters. The summed E-state index contributed by atoms with van der Waals surface area (Å²) in [6.07, 6.45) is 1.94. The van der Waals surface area contributed by atoms with Crippen molar-refractivity contribution >= 4 is 45.0 Å². The fourth-order valence-electron chi connectivity index (χ4n) is 2.26. The number of thioether (sulfide) groups is 1. The Morgan fingerprint density at radius 3 is 2.35 bits per heavy atom. The van der Waals surface area contributed by atoms with Gasteiger partial charge in [-0.1, -0.05) is 31.5 Å². The quantitative estimate of drug-likeness (QED) is 0.674. The summed E-state index contributed by atoms with van der Waals surface area (Å²) in [4.78, 5) is 13.7. The van der Waals surface area contributed by atoms with Crippen molar-refractivity contribution in [3.05, 3.63) is 53.6 Å². The van der Waals surface area contributed by atoms with Gasteiger partial charge >= 0.3 is 0 Å². The Morgan fingerprint density at radius 1 is 1.12 bits per heavy atom. The molecule has 0 aliphatic carbocycles. The number of carbonyl (C=O) groups is 1. The van der Waals surface area contributed by atoms with E-state index in [4.69, 9.17) is 11.6 Å². The Kier molecular flexibility index (Phi) is 7.11. The lowest BCUT2D eigenvalue weighted by Gasteiger charge is -2.22. The van der Waals surface area contributed by atoms with E-state index in [0.717, 1.165) is 4.90 Å². The summed E-state index contributed by atoms with van der Waals surface area (Å²) < 4.78 is 27.6. The maximum Gasteiger partial charge on any atom is 0.242 e. The number of carbonyl (C=O) groups excluding carboxylic acids is 1. The van der Waals surface area contributed by atoms with Crippen molar-refractivity contribution in [3.8, 4) is 0 Å². The third kappa shape index (κ3) is 5.48. The molecule has 2 aromatic rings. The van der Waals surface area contributed by atoms with Crippen LogP contribution in [0.2, 0.25) is 5.02 Å². The lowest BCUT2D eigenvalue weighted by Crippen LogP contribution is -2.47. The van der Waals surface area contributed by atoms with Gasteiger partial charge in [0.15, 0.2) is 0 Å². The van der Waals surface area contributed by atoms with Crippen LogP contribution in [0, 0.1) is 5.92 Å². The van der Waals surface area contributed by atoms with Gasteiger partial charge in [-0.25, -0.2) is 8.42 Å². The molecule has 0 spiro atoms. The third-order valence-electron chi connectivity index (χ3n) is 3.69. The molecule has 8 heteroatoms. The smallest absolute Gasteiger partial charge is 0.242 e. The molecular weight excluding hydrogens is 392 g/mol. The second-order valence-corrected chi connectivity index (χ2v) is 9.05. The Balaban J connectivity index is 2.19. The van der Waals surface area contributed by atoms with Crippen LogP contribution in [-0.2, 0) is 14.8 Å². The second-order valence-electron chi connectivity index (χ2n) is 6.02. The summed E-state index contributed by atoms with van der Waals surface area (Å²) in [5.41, 5.74) is 0.623. The number of hydrogen-bond donors (Lipinski definition) is 2. The van der Waals surface area contributed by atoms with Gasteiger partial charge in [0, 0.05) is 15.6 Å². The summed E-state index contributed by atoms with van der Waals surface area (Å²) >= 11 is 7.36. The van der Waals surface area contributed by atoms with Gasteiger partial charge in [-0.05, 0) is 54.6 Å². The van der Waals surface area contributed by atoms with Gasteiger partial charge in [0.1, 0.15) is 6.04 Å². The van der Waals surface area contributed by atoms with Crippen molar-refractivity contribution < 1.29 is 13.2 Å². The summed E-state index contributed by atoms with van der Waals surface area (Å²) in [5.74, 6) is -0.642. The first kappa shape index (κ1) is 20.8. The highest BCUT2D eigenvalue weighted by Gasteiger charge is 2.28. The number of sulfonamides is 1. The third-order valence-corrected chi connectivity index (χ3v) is 6.13. The molecule has 0 radical (unpaired) electrons. The van der Waals surface area contributed by atoms with Crippen LogP contribution in [0.5, 0.6) is 0 Å². The van der Waals surface area contributed by atoms with E-state index in [9.17, 15) is 13.2 Å². The van der Waals surface area contributed by atoms with Crippen LogP contribution in [0.1, 0.15) is 13.8 Å². The average molecular weight is 413 g/mol. The van der Waals surface area contributed by atoms with E-state index in [-0.39, 0.29) is 10.8 Å². The molecule has 0 fully saturated rings. The minimum Gasteiger partial charge on any atom is -0.325 e. The zero-order chi connectivity index (χ0) is 19.3. The molecule has 0 saturated carbocycles. The molecule has 1 atom stereocenters. The Hall–Kier alpha value is -1.54. The van der Waals surface area contributed by atoms with E-state index in [1.165, 1.54) is 24.3 Å². The van der Waals surface area contributed by atoms with E-state index in [1.54, 1.807) is 31.7 Å². The monoisotopic (exact) mass is 412 g/mol. The summed E-state index contributed by atoms with van der Waals surface area (Å²) in [5, 5.41) is 3.22. The van der Waals surface area contributed by atoms with Crippen LogP contribution < -0.4 is 10.0 Å². The normalized spacial score (nSPS) is 12.8. The maximum absolute atomic E-state index is 12.7. The molecule has 140 valence electrons. The van der Waals surface area contributed by atoms with Gasteiger partial charge in [-0.2, -0.15) is 4.72 Å². The Labute approximate surface area is 163 Å². The van der Waals surface area contributed by atoms with Gasteiger partial charge < -0.3 is 5.32 Å². The number of nitrogens with one attached hydrogen (secondary N) is 2. The zero-order valence-electron chi connectivity index (χ0n) is 14.7. The molecule has 2 N–H and O–H groups in total. The molecule has 0 aromatic heterocycles. The first-order valence-electron chi connectivity index (χ1n) is 7.96. The molecule has 2 aromatic carbocycles. The molecule has 0 heterocycles. The summed E-state index contributed by atoms with van der Waals surface area (Å²) in [6, 6.07) is 12.3. The van der Waals surface area contributed by atoms with Crippen molar-refractivity contribution in [3.63, 3.8) is 0 Å². The Bertz CT molecular complexity index is 868. The van der Waals surface area contributed by atoms with Gasteiger partial charge in [0.05, 0.1) is 4.90 Å². The van der Waals surface area contributed by atoms with Gasteiger partial charge in [0.2, 0.25) is 15.9 Å². The number of rotatable bonds is 7. The molecule has 0 bridgehead atoms. The summed E-state index contributed by atoms with van der Waals surface area (Å²) in [7, 11) is -3.84. The largest absolute Gasteiger partial charge is 0.325 e. The predicted octanol–water partition coefficient (Wildman–Crippen LogP) is 4.00.